The van der Waals surface area contributed by atoms with Crippen molar-refractivity contribution in [2.45, 2.75) is 26.2 Å². The minimum absolute atomic E-state index is 0.0906. The molecule has 2 aromatic rings. The molecule has 0 fully saturated rings. The summed E-state index contributed by atoms with van der Waals surface area (Å²) in [5.41, 5.74) is 2.45. The highest BCUT2D eigenvalue weighted by Gasteiger charge is 2.13. The lowest BCUT2D eigenvalue weighted by atomic mass is 9.93. The molecule has 0 N–H and O–H groups in total. The van der Waals surface area contributed by atoms with Crippen molar-refractivity contribution in [1.29, 1.82) is 0 Å². The molecule has 1 nitrogen and oxygen atoms in total. The van der Waals surface area contributed by atoms with E-state index in [1.165, 1.54) is 11.1 Å². The van der Waals surface area contributed by atoms with E-state index in [0.717, 1.165) is 17.3 Å². The summed E-state index contributed by atoms with van der Waals surface area (Å²) in [5, 5.41) is 0. The van der Waals surface area contributed by atoms with E-state index in [-0.39, 0.29) is 5.92 Å². The van der Waals surface area contributed by atoms with E-state index in [1.54, 1.807) is 0 Å². The molecule has 0 aliphatic carbocycles. The number of carbonyl (C=O) groups is 1. The van der Waals surface area contributed by atoms with Crippen LogP contribution in [0.1, 0.15) is 24.5 Å². The molecule has 1 unspecified atom stereocenters. The zero-order valence-electron chi connectivity index (χ0n) is 11.7. The first-order chi connectivity index (χ1) is 9.65. The molecule has 0 amide bonds. The van der Waals surface area contributed by atoms with Gasteiger partial charge in [-0.25, -0.2) is 0 Å². The SMILES string of the molecule is CC(Cc1ccccc1)C(=O)CCc1ccc(Br)cc1. The number of hydrogen-bond donors (Lipinski definition) is 0. The topological polar surface area (TPSA) is 17.1 Å². The molecule has 104 valence electrons. The Hall–Kier alpha value is -1.41. The fourth-order valence-corrected chi connectivity index (χ4v) is 2.51. The molecule has 20 heavy (non-hydrogen) atoms. The summed E-state index contributed by atoms with van der Waals surface area (Å²) >= 11 is 3.42. The van der Waals surface area contributed by atoms with Crippen LogP contribution in [-0.2, 0) is 17.6 Å². The number of halogens is 1. The van der Waals surface area contributed by atoms with Crippen molar-refractivity contribution in [2.75, 3.05) is 0 Å². The fourth-order valence-electron chi connectivity index (χ4n) is 2.25. The Labute approximate surface area is 129 Å². The Bertz CT molecular complexity index is 545. The smallest absolute Gasteiger partial charge is 0.136 e. The predicted octanol–water partition coefficient (Wildman–Crippen LogP) is 4.83. The highest BCUT2D eigenvalue weighted by Crippen LogP contribution is 2.15. The van der Waals surface area contributed by atoms with Gasteiger partial charge in [0, 0.05) is 16.8 Å². The molecule has 2 aromatic carbocycles. The highest BCUT2D eigenvalue weighted by atomic mass is 79.9. The molecule has 0 aliphatic rings. The van der Waals surface area contributed by atoms with Crippen LogP contribution >= 0.6 is 15.9 Å². The minimum Gasteiger partial charge on any atom is -0.299 e. The third-order valence-corrected chi connectivity index (χ3v) is 4.04. The summed E-state index contributed by atoms with van der Waals surface area (Å²) in [6.45, 7) is 2.02. The Morgan fingerprint density at radius 3 is 2.30 bits per heavy atom. The molecule has 0 saturated carbocycles. The van der Waals surface area contributed by atoms with Gasteiger partial charge in [-0.05, 0) is 36.1 Å². The molecule has 0 bridgehead atoms. The van der Waals surface area contributed by atoms with E-state index in [2.05, 4.69) is 40.2 Å². The lowest BCUT2D eigenvalue weighted by Gasteiger charge is -2.10. The van der Waals surface area contributed by atoms with Gasteiger partial charge in [0.2, 0.25) is 0 Å². The molecule has 0 aromatic heterocycles. The van der Waals surface area contributed by atoms with E-state index in [4.69, 9.17) is 0 Å². The Kier molecular flexibility index (Phi) is 5.54. The van der Waals surface area contributed by atoms with Gasteiger partial charge in [-0.15, -0.1) is 0 Å². The predicted molar refractivity (Wildman–Crippen MR) is 86.8 cm³/mol. The second-order valence-corrected chi connectivity index (χ2v) is 6.10. The summed E-state index contributed by atoms with van der Waals surface area (Å²) in [7, 11) is 0. The van der Waals surface area contributed by atoms with E-state index < -0.39 is 0 Å². The lowest BCUT2D eigenvalue weighted by Crippen LogP contribution is -2.14. The number of hydrogen-bond acceptors (Lipinski definition) is 1. The first kappa shape index (κ1) is 15.0. The molecule has 1 atom stereocenters. The fraction of sp³-hybridized carbons (Fsp3) is 0.278. The van der Waals surface area contributed by atoms with E-state index in [9.17, 15) is 4.79 Å². The molecule has 2 heteroatoms. The van der Waals surface area contributed by atoms with Crippen molar-refractivity contribution < 1.29 is 4.79 Å². The quantitative estimate of drug-likeness (QED) is 0.741. The second-order valence-electron chi connectivity index (χ2n) is 5.18. The number of carbonyl (C=O) groups excluding carboxylic acids is 1. The van der Waals surface area contributed by atoms with Gasteiger partial charge in [0.25, 0.3) is 0 Å². The second kappa shape index (κ2) is 7.39. The maximum atomic E-state index is 12.2. The van der Waals surface area contributed by atoms with E-state index in [0.29, 0.717) is 12.2 Å². The monoisotopic (exact) mass is 330 g/mol. The summed E-state index contributed by atoms with van der Waals surface area (Å²) in [5.74, 6) is 0.435. The molecular formula is C18H19BrO. The zero-order chi connectivity index (χ0) is 14.4. The summed E-state index contributed by atoms with van der Waals surface area (Å²) < 4.78 is 1.07. The Morgan fingerprint density at radius 2 is 1.65 bits per heavy atom. The number of Topliss-reactive ketones (excluding diaryl/α,β-unsaturated/α-hetero) is 1. The molecule has 0 saturated heterocycles. The number of rotatable bonds is 6. The van der Waals surface area contributed by atoms with Crippen LogP contribution in [0.15, 0.2) is 59.1 Å². The summed E-state index contributed by atoms with van der Waals surface area (Å²) in [6, 6.07) is 18.4. The third kappa shape index (κ3) is 4.61. The molecule has 0 heterocycles. The van der Waals surface area contributed by atoms with Crippen molar-refractivity contribution in [3.05, 3.63) is 70.2 Å². The van der Waals surface area contributed by atoms with Crippen LogP contribution in [0, 0.1) is 5.92 Å². The average Bonchev–Trinajstić information content (AvgIpc) is 2.47. The maximum absolute atomic E-state index is 12.2. The van der Waals surface area contributed by atoms with Gasteiger partial charge in [0.05, 0.1) is 0 Å². The normalized spacial score (nSPS) is 12.1. The van der Waals surface area contributed by atoms with E-state index >= 15 is 0 Å². The van der Waals surface area contributed by atoms with Crippen molar-refractivity contribution >= 4 is 21.7 Å². The van der Waals surface area contributed by atoms with Crippen molar-refractivity contribution in [3.8, 4) is 0 Å². The third-order valence-electron chi connectivity index (χ3n) is 3.51. The van der Waals surface area contributed by atoms with Crippen molar-refractivity contribution in [1.82, 2.24) is 0 Å². The van der Waals surface area contributed by atoms with Crippen LogP contribution < -0.4 is 0 Å². The van der Waals surface area contributed by atoms with Gasteiger partial charge in [-0.1, -0.05) is 65.3 Å². The van der Waals surface area contributed by atoms with Crippen LogP contribution in [0.25, 0.3) is 0 Å². The Balaban J connectivity index is 1.83. The summed E-state index contributed by atoms with van der Waals surface area (Å²) in [6.07, 6.45) is 2.28. The highest BCUT2D eigenvalue weighted by molar-refractivity contribution is 9.10. The maximum Gasteiger partial charge on any atom is 0.136 e. The first-order valence-electron chi connectivity index (χ1n) is 6.96. The van der Waals surface area contributed by atoms with Gasteiger partial charge in [-0.2, -0.15) is 0 Å². The standard InChI is InChI=1S/C18H19BrO/c1-14(13-16-5-3-2-4-6-16)18(20)12-9-15-7-10-17(19)11-8-15/h2-8,10-11,14H,9,12-13H2,1H3. The van der Waals surface area contributed by atoms with Crippen LogP contribution in [0.4, 0.5) is 0 Å². The molecule has 0 aliphatic heterocycles. The van der Waals surface area contributed by atoms with Gasteiger partial charge < -0.3 is 0 Å². The van der Waals surface area contributed by atoms with Gasteiger partial charge in [0.15, 0.2) is 0 Å². The number of benzene rings is 2. The van der Waals surface area contributed by atoms with Crippen LogP contribution in [-0.4, -0.2) is 5.78 Å². The van der Waals surface area contributed by atoms with Crippen molar-refractivity contribution in [2.24, 2.45) is 5.92 Å². The van der Waals surface area contributed by atoms with Crippen LogP contribution in [0.3, 0.4) is 0 Å². The van der Waals surface area contributed by atoms with Gasteiger partial charge in [-0.3, -0.25) is 4.79 Å². The largest absolute Gasteiger partial charge is 0.299 e. The van der Waals surface area contributed by atoms with Crippen LogP contribution in [0.2, 0.25) is 0 Å². The van der Waals surface area contributed by atoms with Gasteiger partial charge >= 0.3 is 0 Å². The van der Waals surface area contributed by atoms with Gasteiger partial charge in [0.1, 0.15) is 5.78 Å². The average molecular weight is 331 g/mol. The molecular weight excluding hydrogens is 312 g/mol. The van der Waals surface area contributed by atoms with E-state index in [1.807, 2.05) is 37.3 Å². The van der Waals surface area contributed by atoms with Crippen molar-refractivity contribution in [3.63, 3.8) is 0 Å². The molecule has 2 rings (SSSR count). The minimum atomic E-state index is 0.0906. The first-order valence-corrected chi connectivity index (χ1v) is 7.75. The Morgan fingerprint density at radius 1 is 1.00 bits per heavy atom. The zero-order valence-corrected chi connectivity index (χ0v) is 13.3. The number of ketones is 1. The lowest BCUT2D eigenvalue weighted by molar-refractivity contribution is -0.122. The summed E-state index contributed by atoms with van der Waals surface area (Å²) in [4.78, 5) is 12.2. The number of aryl methyl sites for hydroxylation is 1. The molecule has 0 radical (unpaired) electrons. The molecule has 0 spiro atoms. The van der Waals surface area contributed by atoms with Crippen LogP contribution in [0.5, 0.6) is 0 Å².